The Morgan fingerprint density at radius 3 is 2.65 bits per heavy atom. The van der Waals surface area contributed by atoms with Gasteiger partial charge in [0, 0.05) is 12.1 Å². The number of alkyl halides is 3. The Morgan fingerprint density at radius 1 is 1.30 bits per heavy atom. The van der Waals surface area contributed by atoms with Crippen LogP contribution in [0.3, 0.4) is 0 Å². The molecule has 2 unspecified atom stereocenters. The summed E-state index contributed by atoms with van der Waals surface area (Å²) in [7, 11) is 0. The molecule has 0 saturated carbocycles. The van der Waals surface area contributed by atoms with Gasteiger partial charge in [-0.1, -0.05) is 31.2 Å². The third-order valence-electron chi connectivity index (χ3n) is 4.03. The molecule has 2 atom stereocenters. The van der Waals surface area contributed by atoms with Gasteiger partial charge >= 0.3 is 6.18 Å². The zero-order chi connectivity index (χ0) is 14.8. The fourth-order valence-corrected chi connectivity index (χ4v) is 3.08. The largest absolute Gasteiger partial charge is 0.401 e. The number of hydrogen-bond donors (Lipinski definition) is 1. The van der Waals surface area contributed by atoms with E-state index in [9.17, 15) is 13.2 Å². The van der Waals surface area contributed by atoms with Gasteiger partial charge in [0.05, 0.1) is 6.54 Å². The number of hydrogen-bond acceptors (Lipinski definition) is 2. The number of rotatable bonds is 3. The summed E-state index contributed by atoms with van der Waals surface area (Å²) in [6, 6.07) is 7.23. The lowest BCUT2D eigenvalue weighted by Gasteiger charge is -2.34. The molecule has 0 aliphatic heterocycles. The first-order valence-electron chi connectivity index (χ1n) is 7.06. The lowest BCUT2D eigenvalue weighted by atomic mass is 9.96. The topological polar surface area (TPSA) is 29.3 Å². The second kappa shape index (κ2) is 6.14. The standard InChI is InChI=1S/C15H21F3N2/c1-2-20(10-15(16,17)18)13-9-5-7-11-6-3-4-8-12(11)14(13)19/h3-4,6,8,13-14H,2,5,7,9-10,19H2,1H3. The summed E-state index contributed by atoms with van der Waals surface area (Å²) in [5.74, 6) is 0. The van der Waals surface area contributed by atoms with Crippen LogP contribution < -0.4 is 5.73 Å². The summed E-state index contributed by atoms with van der Waals surface area (Å²) >= 11 is 0. The highest BCUT2D eigenvalue weighted by molar-refractivity contribution is 5.32. The predicted molar refractivity (Wildman–Crippen MR) is 73.4 cm³/mol. The van der Waals surface area contributed by atoms with E-state index < -0.39 is 12.7 Å². The van der Waals surface area contributed by atoms with Gasteiger partial charge in [-0.15, -0.1) is 0 Å². The van der Waals surface area contributed by atoms with Crippen LogP contribution >= 0.6 is 0 Å². The number of aryl methyl sites for hydroxylation is 1. The molecule has 2 rings (SSSR count). The van der Waals surface area contributed by atoms with Crippen LogP contribution in [-0.2, 0) is 6.42 Å². The molecule has 0 fully saturated rings. The molecule has 1 aliphatic rings. The van der Waals surface area contributed by atoms with Crippen molar-refractivity contribution in [2.75, 3.05) is 13.1 Å². The van der Waals surface area contributed by atoms with Gasteiger partial charge in [0.1, 0.15) is 0 Å². The fraction of sp³-hybridized carbons (Fsp3) is 0.600. The predicted octanol–water partition coefficient (Wildman–Crippen LogP) is 3.28. The van der Waals surface area contributed by atoms with Gasteiger partial charge in [0.2, 0.25) is 0 Å². The van der Waals surface area contributed by atoms with Crippen LogP contribution in [0.25, 0.3) is 0 Å². The van der Waals surface area contributed by atoms with E-state index in [0.29, 0.717) is 13.0 Å². The van der Waals surface area contributed by atoms with E-state index in [1.165, 1.54) is 10.5 Å². The fourth-order valence-electron chi connectivity index (χ4n) is 3.08. The number of nitrogens with two attached hydrogens (primary N) is 1. The Bertz CT molecular complexity index is 445. The lowest BCUT2D eigenvalue weighted by Crippen LogP contribution is -2.46. The van der Waals surface area contributed by atoms with E-state index in [1.807, 2.05) is 24.3 Å². The molecular formula is C15H21F3N2. The van der Waals surface area contributed by atoms with Crippen LogP contribution in [0.15, 0.2) is 24.3 Å². The maximum atomic E-state index is 12.7. The second-order valence-electron chi connectivity index (χ2n) is 5.36. The molecule has 0 spiro atoms. The van der Waals surface area contributed by atoms with Gasteiger partial charge in [-0.25, -0.2) is 0 Å². The van der Waals surface area contributed by atoms with Gasteiger partial charge in [0.15, 0.2) is 0 Å². The maximum absolute atomic E-state index is 12.7. The number of nitrogens with zero attached hydrogens (tertiary/aromatic N) is 1. The summed E-state index contributed by atoms with van der Waals surface area (Å²) in [5.41, 5.74) is 8.44. The molecular weight excluding hydrogens is 265 g/mol. The Labute approximate surface area is 117 Å². The highest BCUT2D eigenvalue weighted by Gasteiger charge is 2.36. The van der Waals surface area contributed by atoms with Gasteiger partial charge in [0.25, 0.3) is 0 Å². The summed E-state index contributed by atoms with van der Waals surface area (Å²) in [6.45, 7) is 1.24. The molecule has 1 aromatic rings. The van der Waals surface area contributed by atoms with E-state index >= 15 is 0 Å². The molecule has 0 saturated heterocycles. The Hall–Kier alpha value is -1.07. The Kier molecular flexibility index (Phi) is 4.70. The molecule has 1 aromatic carbocycles. The number of halogens is 3. The van der Waals surface area contributed by atoms with Gasteiger partial charge in [-0.05, 0) is 36.9 Å². The first-order valence-corrected chi connectivity index (χ1v) is 7.06. The maximum Gasteiger partial charge on any atom is 0.401 e. The minimum absolute atomic E-state index is 0.245. The Morgan fingerprint density at radius 2 is 2.00 bits per heavy atom. The number of likely N-dealkylation sites (N-methyl/N-ethyl adjacent to an activating group) is 1. The molecule has 0 amide bonds. The van der Waals surface area contributed by atoms with Crippen LogP contribution in [0, 0.1) is 0 Å². The normalized spacial score (nSPS) is 23.5. The first-order chi connectivity index (χ1) is 9.42. The number of fused-ring (bicyclic) bond motifs is 1. The summed E-state index contributed by atoms with van der Waals surface area (Å²) in [4.78, 5) is 1.47. The van der Waals surface area contributed by atoms with Gasteiger partial charge in [-0.3, -0.25) is 4.90 Å². The summed E-state index contributed by atoms with van der Waals surface area (Å²) in [6.07, 6.45) is -1.70. The highest BCUT2D eigenvalue weighted by Crippen LogP contribution is 2.31. The van der Waals surface area contributed by atoms with E-state index in [2.05, 4.69) is 0 Å². The average Bonchev–Trinajstić information content (AvgIpc) is 2.55. The van der Waals surface area contributed by atoms with Crippen LogP contribution in [0.5, 0.6) is 0 Å². The lowest BCUT2D eigenvalue weighted by molar-refractivity contribution is -0.151. The van der Waals surface area contributed by atoms with Crippen molar-refractivity contribution in [2.45, 2.75) is 44.4 Å². The van der Waals surface area contributed by atoms with Crippen molar-refractivity contribution in [3.63, 3.8) is 0 Å². The minimum Gasteiger partial charge on any atom is -0.323 e. The van der Waals surface area contributed by atoms with Crippen molar-refractivity contribution in [3.05, 3.63) is 35.4 Å². The van der Waals surface area contributed by atoms with Crippen molar-refractivity contribution in [1.82, 2.24) is 4.90 Å². The van der Waals surface area contributed by atoms with Crippen LogP contribution in [0.2, 0.25) is 0 Å². The second-order valence-corrected chi connectivity index (χ2v) is 5.36. The van der Waals surface area contributed by atoms with Crippen LogP contribution in [-0.4, -0.2) is 30.2 Å². The SMILES string of the molecule is CCN(CC(F)(F)F)C1CCCc2ccccc2C1N. The third-order valence-corrected chi connectivity index (χ3v) is 4.03. The average molecular weight is 286 g/mol. The third kappa shape index (κ3) is 3.52. The zero-order valence-corrected chi connectivity index (χ0v) is 11.7. The van der Waals surface area contributed by atoms with Gasteiger partial charge in [-0.2, -0.15) is 13.2 Å². The van der Waals surface area contributed by atoms with Crippen LogP contribution in [0.1, 0.15) is 36.9 Å². The quantitative estimate of drug-likeness (QED) is 0.864. The molecule has 0 radical (unpaired) electrons. The molecule has 0 aromatic heterocycles. The zero-order valence-electron chi connectivity index (χ0n) is 11.7. The van der Waals surface area contributed by atoms with E-state index in [1.54, 1.807) is 6.92 Å². The monoisotopic (exact) mass is 286 g/mol. The van der Waals surface area contributed by atoms with Crippen molar-refractivity contribution < 1.29 is 13.2 Å². The summed E-state index contributed by atoms with van der Waals surface area (Å²) < 4.78 is 38.1. The number of benzene rings is 1. The smallest absolute Gasteiger partial charge is 0.323 e. The molecule has 2 nitrogen and oxygen atoms in total. The van der Waals surface area contributed by atoms with E-state index in [-0.39, 0.29) is 12.1 Å². The van der Waals surface area contributed by atoms with Crippen molar-refractivity contribution in [2.24, 2.45) is 5.73 Å². The van der Waals surface area contributed by atoms with Crippen LogP contribution in [0.4, 0.5) is 13.2 Å². The minimum atomic E-state index is -4.18. The molecule has 0 bridgehead atoms. The van der Waals surface area contributed by atoms with Gasteiger partial charge < -0.3 is 5.73 Å². The van der Waals surface area contributed by atoms with E-state index in [0.717, 1.165) is 18.4 Å². The van der Waals surface area contributed by atoms with E-state index in [4.69, 9.17) is 5.73 Å². The first kappa shape index (κ1) is 15.3. The molecule has 0 heterocycles. The van der Waals surface area contributed by atoms with Crippen molar-refractivity contribution in [1.29, 1.82) is 0 Å². The highest BCUT2D eigenvalue weighted by atomic mass is 19.4. The van der Waals surface area contributed by atoms with Crippen molar-refractivity contribution >= 4 is 0 Å². The molecule has 20 heavy (non-hydrogen) atoms. The molecule has 2 N–H and O–H groups in total. The summed E-state index contributed by atoms with van der Waals surface area (Å²) in [5, 5.41) is 0. The molecule has 112 valence electrons. The molecule has 1 aliphatic carbocycles. The van der Waals surface area contributed by atoms with Crippen molar-refractivity contribution in [3.8, 4) is 0 Å². The molecule has 5 heteroatoms. The Balaban J connectivity index is 2.23.